The summed E-state index contributed by atoms with van der Waals surface area (Å²) < 4.78 is 27.4. The number of carbonyl (C=O) groups excluding carboxylic acids is 1. The van der Waals surface area contributed by atoms with Crippen molar-refractivity contribution >= 4 is 17.2 Å². The van der Waals surface area contributed by atoms with Crippen LogP contribution in [0.5, 0.6) is 0 Å². The Morgan fingerprint density at radius 1 is 1.09 bits per heavy atom. The van der Waals surface area contributed by atoms with Gasteiger partial charge in [0.15, 0.2) is 6.29 Å². The number of benzene rings is 2. The Labute approximate surface area is 126 Å². The lowest BCUT2D eigenvalue weighted by Gasteiger charge is -2.04. The van der Waals surface area contributed by atoms with Crippen LogP contribution in [0.15, 0.2) is 36.4 Å². The molecule has 0 atom stereocenters. The van der Waals surface area contributed by atoms with Gasteiger partial charge in [-0.25, -0.2) is 8.78 Å². The maximum Gasteiger partial charge on any atom is 0.152 e. The van der Waals surface area contributed by atoms with Crippen LogP contribution in [0.4, 0.5) is 8.78 Å². The smallest absolute Gasteiger partial charge is 0.152 e. The van der Waals surface area contributed by atoms with E-state index in [0.29, 0.717) is 23.5 Å². The number of aldehydes is 1. The van der Waals surface area contributed by atoms with Gasteiger partial charge in [-0.3, -0.25) is 4.79 Å². The van der Waals surface area contributed by atoms with Crippen molar-refractivity contribution in [3.63, 3.8) is 0 Å². The van der Waals surface area contributed by atoms with E-state index >= 15 is 0 Å². The molecule has 3 rings (SSSR count). The SMILES string of the molecule is CC(C)c1ccc2[nH]c(-c3cc(F)ccc3F)c(C=O)c2c1. The summed E-state index contributed by atoms with van der Waals surface area (Å²) in [5.74, 6) is -0.803. The van der Waals surface area contributed by atoms with Crippen molar-refractivity contribution in [3.8, 4) is 11.3 Å². The number of halogens is 2. The first-order valence-electron chi connectivity index (χ1n) is 7.07. The van der Waals surface area contributed by atoms with Crippen LogP contribution in [-0.2, 0) is 0 Å². The molecule has 112 valence electrons. The highest BCUT2D eigenvalue weighted by Crippen LogP contribution is 2.32. The maximum atomic E-state index is 14.0. The lowest BCUT2D eigenvalue weighted by atomic mass is 9.99. The van der Waals surface area contributed by atoms with Gasteiger partial charge >= 0.3 is 0 Å². The van der Waals surface area contributed by atoms with Gasteiger partial charge in [-0.1, -0.05) is 19.9 Å². The van der Waals surface area contributed by atoms with Crippen molar-refractivity contribution in [2.24, 2.45) is 0 Å². The van der Waals surface area contributed by atoms with Crippen LogP contribution in [0.2, 0.25) is 0 Å². The van der Waals surface area contributed by atoms with Crippen LogP contribution in [-0.4, -0.2) is 11.3 Å². The molecule has 0 fully saturated rings. The Hall–Kier alpha value is -2.49. The van der Waals surface area contributed by atoms with E-state index in [1.54, 1.807) is 0 Å². The van der Waals surface area contributed by atoms with Gasteiger partial charge in [0, 0.05) is 22.0 Å². The van der Waals surface area contributed by atoms with Gasteiger partial charge in [-0.05, 0) is 41.8 Å². The van der Waals surface area contributed by atoms with Gasteiger partial charge in [0.1, 0.15) is 11.6 Å². The predicted molar refractivity (Wildman–Crippen MR) is 83.1 cm³/mol. The first-order valence-corrected chi connectivity index (χ1v) is 7.07. The average molecular weight is 299 g/mol. The molecule has 0 unspecified atom stereocenters. The summed E-state index contributed by atoms with van der Waals surface area (Å²) in [5, 5.41) is 0.722. The molecule has 1 aromatic heterocycles. The summed E-state index contributed by atoms with van der Waals surface area (Å²) in [6.07, 6.45) is 0.683. The first-order chi connectivity index (χ1) is 10.5. The second-order valence-electron chi connectivity index (χ2n) is 5.62. The lowest BCUT2D eigenvalue weighted by molar-refractivity contribution is 0.112. The highest BCUT2D eigenvalue weighted by molar-refractivity contribution is 6.04. The minimum atomic E-state index is -0.569. The third-order valence-electron chi connectivity index (χ3n) is 3.85. The molecular weight excluding hydrogens is 284 g/mol. The van der Waals surface area contributed by atoms with Gasteiger partial charge < -0.3 is 4.98 Å². The number of hydrogen-bond acceptors (Lipinski definition) is 1. The molecule has 0 saturated heterocycles. The van der Waals surface area contributed by atoms with E-state index in [2.05, 4.69) is 18.8 Å². The Morgan fingerprint density at radius 3 is 2.55 bits per heavy atom. The molecule has 0 aliphatic rings. The van der Waals surface area contributed by atoms with Crippen molar-refractivity contribution in [1.82, 2.24) is 4.98 Å². The zero-order valence-electron chi connectivity index (χ0n) is 12.3. The minimum Gasteiger partial charge on any atom is -0.354 e. The van der Waals surface area contributed by atoms with Gasteiger partial charge in [-0.15, -0.1) is 0 Å². The van der Waals surface area contributed by atoms with Crippen LogP contribution >= 0.6 is 0 Å². The van der Waals surface area contributed by atoms with Crippen molar-refractivity contribution in [1.29, 1.82) is 0 Å². The molecule has 0 radical (unpaired) electrons. The fraction of sp³-hybridized carbons (Fsp3) is 0.167. The molecule has 4 heteroatoms. The Kier molecular flexibility index (Phi) is 3.53. The molecule has 0 amide bonds. The van der Waals surface area contributed by atoms with Crippen LogP contribution in [0, 0.1) is 11.6 Å². The number of nitrogens with one attached hydrogen (secondary N) is 1. The molecule has 0 spiro atoms. The van der Waals surface area contributed by atoms with Crippen molar-refractivity contribution in [2.45, 2.75) is 19.8 Å². The van der Waals surface area contributed by atoms with Crippen LogP contribution in [0.25, 0.3) is 22.2 Å². The maximum absolute atomic E-state index is 14.0. The highest BCUT2D eigenvalue weighted by Gasteiger charge is 2.17. The summed E-state index contributed by atoms with van der Waals surface area (Å²) >= 11 is 0. The zero-order valence-corrected chi connectivity index (χ0v) is 12.3. The molecule has 0 aliphatic carbocycles. The minimum absolute atomic E-state index is 0.0596. The number of rotatable bonds is 3. The number of hydrogen-bond donors (Lipinski definition) is 1. The second kappa shape index (κ2) is 5.37. The third-order valence-corrected chi connectivity index (χ3v) is 3.85. The van der Waals surface area contributed by atoms with E-state index in [1.807, 2.05) is 18.2 Å². The number of carbonyl (C=O) groups is 1. The molecule has 0 aliphatic heterocycles. The van der Waals surface area contributed by atoms with Gasteiger partial charge in [-0.2, -0.15) is 0 Å². The Morgan fingerprint density at radius 2 is 1.86 bits per heavy atom. The summed E-state index contributed by atoms with van der Waals surface area (Å²) in [6, 6.07) is 8.95. The van der Waals surface area contributed by atoms with Crippen LogP contribution < -0.4 is 0 Å². The number of H-pyrrole nitrogens is 1. The van der Waals surface area contributed by atoms with Gasteiger partial charge in [0.25, 0.3) is 0 Å². The van der Waals surface area contributed by atoms with E-state index in [4.69, 9.17) is 0 Å². The first kappa shape index (κ1) is 14.4. The molecule has 2 aromatic carbocycles. The normalized spacial score (nSPS) is 11.3. The average Bonchev–Trinajstić information content (AvgIpc) is 2.86. The Balaban J connectivity index is 2.30. The largest absolute Gasteiger partial charge is 0.354 e. The monoisotopic (exact) mass is 299 g/mol. The summed E-state index contributed by atoms with van der Waals surface area (Å²) in [4.78, 5) is 14.5. The number of aromatic nitrogens is 1. The topological polar surface area (TPSA) is 32.9 Å². The second-order valence-corrected chi connectivity index (χ2v) is 5.62. The van der Waals surface area contributed by atoms with Crippen molar-refractivity contribution in [2.75, 3.05) is 0 Å². The fourth-order valence-corrected chi connectivity index (χ4v) is 2.61. The molecular formula is C18H15F2NO. The van der Waals surface area contributed by atoms with E-state index in [-0.39, 0.29) is 5.56 Å². The molecule has 0 saturated carbocycles. The lowest BCUT2D eigenvalue weighted by Crippen LogP contribution is -1.90. The van der Waals surface area contributed by atoms with Crippen molar-refractivity contribution in [3.05, 3.63) is 59.2 Å². The van der Waals surface area contributed by atoms with Gasteiger partial charge in [0.2, 0.25) is 0 Å². The third kappa shape index (κ3) is 2.30. The summed E-state index contributed by atoms with van der Waals surface area (Å²) in [7, 11) is 0. The van der Waals surface area contributed by atoms with E-state index in [1.165, 1.54) is 0 Å². The zero-order chi connectivity index (χ0) is 15.9. The summed E-state index contributed by atoms with van der Waals surface area (Å²) in [6.45, 7) is 4.11. The predicted octanol–water partition coefficient (Wildman–Crippen LogP) is 5.05. The number of aromatic amines is 1. The Bertz CT molecular complexity index is 865. The van der Waals surface area contributed by atoms with E-state index in [0.717, 1.165) is 34.7 Å². The van der Waals surface area contributed by atoms with Crippen LogP contribution in [0.1, 0.15) is 35.7 Å². The van der Waals surface area contributed by atoms with Gasteiger partial charge in [0.05, 0.1) is 5.69 Å². The molecule has 3 aromatic rings. The molecule has 1 heterocycles. The van der Waals surface area contributed by atoms with Crippen LogP contribution in [0.3, 0.4) is 0 Å². The fourth-order valence-electron chi connectivity index (χ4n) is 2.61. The summed E-state index contributed by atoms with van der Waals surface area (Å²) in [5.41, 5.74) is 2.53. The van der Waals surface area contributed by atoms with Crippen molar-refractivity contribution < 1.29 is 13.6 Å². The quantitative estimate of drug-likeness (QED) is 0.674. The van der Waals surface area contributed by atoms with E-state index in [9.17, 15) is 13.6 Å². The standard InChI is InChI=1S/C18H15F2NO/c1-10(2)11-3-6-17-13(7-11)15(9-22)18(21-17)14-8-12(19)4-5-16(14)20/h3-10,21H,1-2H3. The molecule has 0 bridgehead atoms. The molecule has 1 N–H and O–H groups in total. The molecule has 2 nitrogen and oxygen atoms in total. The molecule has 22 heavy (non-hydrogen) atoms. The van der Waals surface area contributed by atoms with E-state index < -0.39 is 11.6 Å². The number of fused-ring (bicyclic) bond motifs is 1. The highest BCUT2D eigenvalue weighted by atomic mass is 19.1.